The fourth-order valence-corrected chi connectivity index (χ4v) is 2.49. The predicted octanol–water partition coefficient (Wildman–Crippen LogP) is 2.21. The number of carbonyl (C=O) groups excluding carboxylic acids is 1. The van der Waals surface area contributed by atoms with Gasteiger partial charge in [-0.25, -0.2) is 0 Å². The van der Waals surface area contributed by atoms with Gasteiger partial charge in [-0.15, -0.1) is 0 Å². The molecule has 0 atom stereocenters. The second-order valence-electron chi connectivity index (χ2n) is 4.86. The van der Waals surface area contributed by atoms with E-state index in [4.69, 9.17) is 4.74 Å². The molecule has 0 radical (unpaired) electrons. The summed E-state index contributed by atoms with van der Waals surface area (Å²) in [6.07, 6.45) is 3.04. The van der Waals surface area contributed by atoms with Crippen LogP contribution in [0, 0.1) is 0 Å². The van der Waals surface area contributed by atoms with Gasteiger partial charge in [0.1, 0.15) is 5.75 Å². The Bertz CT molecular complexity index is 405. The van der Waals surface area contributed by atoms with Crippen molar-refractivity contribution in [2.24, 2.45) is 0 Å². The number of carbonyl (C=O) groups is 1. The second-order valence-corrected chi connectivity index (χ2v) is 4.86. The van der Waals surface area contributed by atoms with Crippen molar-refractivity contribution in [1.82, 2.24) is 4.90 Å². The van der Waals surface area contributed by atoms with Gasteiger partial charge < -0.3 is 9.64 Å². The number of hydrogen-bond donors (Lipinski definition) is 0. The maximum Gasteiger partial charge on any atom is 0.232 e. The quantitative estimate of drug-likeness (QED) is 0.801. The molecule has 92 valence electrons. The van der Waals surface area contributed by atoms with Crippen LogP contribution in [0.2, 0.25) is 0 Å². The number of likely N-dealkylation sites (N-methyl/N-ethyl adjacent to an activating group) is 1. The summed E-state index contributed by atoms with van der Waals surface area (Å²) in [6, 6.07) is 7.88. The van der Waals surface area contributed by atoms with E-state index in [-0.39, 0.29) is 11.3 Å². The summed E-state index contributed by atoms with van der Waals surface area (Å²) < 4.78 is 5.15. The number of amides is 1. The molecule has 3 heteroatoms. The van der Waals surface area contributed by atoms with Crippen molar-refractivity contribution in [2.45, 2.75) is 24.7 Å². The average molecular weight is 233 g/mol. The van der Waals surface area contributed by atoms with Crippen LogP contribution in [0.3, 0.4) is 0 Å². The summed E-state index contributed by atoms with van der Waals surface area (Å²) in [5.41, 5.74) is 0.832. The van der Waals surface area contributed by atoms with Gasteiger partial charge in [-0.1, -0.05) is 18.6 Å². The molecule has 0 N–H and O–H groups in total. The van der Waals surface area contributed by atoms with Crippen LogP contribution in [0.5, 0.6) is 5.75 Å². The Morgan fingerprint density at radius 2 is 1.82 bits per heavy atom. The van der Waals surface area contributed by atoms with Crippen molar-refractivity contribution in [1.29, 1.82) is 0 Å². The van der Waals surface area contributed by atoms with Gasteiger partial charge in [0, 0.05) is 14.1 Å². The van der Waals surface area contributed by atoms with E-state index >= 15 is 0 Å². The molecule has 0 saturated heterocycles. The number of hydrogen-bond acceptors (Lipinski definition) is 2. The fraction of sp³-hybridized carbons (Fsp3) is 0.500. The Balaban J connectivity index is 2.31. The third-order valence-electron chi connectivity index (χ3n) is 3.67. The molecule has 0 aromatic heterocycles. The summed E-state index contributed by atoms with van der Waals surface area (Å²) in [7, 11) is 5.30. The van der Waals surface area contributed by atoms with Crippen LogP contribution in [-0.2, 0) is 10.2 Å². The van der Waals surface area contributed by atoms with Gasteiger partial charge in [-0.05, 0) is 30.5 Å². The van der Waals surface area contributed by atoms with E-state index in [1.807, 2.05) is 38.4 Å². The Kier molecular flexibility index (Phi) is 3.09. The van der Waals surface area contributed by atoms with Crippen LogP contribution < -0.4 is 4.74 Å². The fourth-order valence-electron chi connectivity index (χ4n) is 2.49. The Hall–Kier alpha value is -1.51. The first-order valence-electron chi connectivity index (χ1n) is 5.96. The molecule has 0 heterocycles. The molecule has 0 unspecified atom stereocenters. The van der Waals surface area contributed by atoms with Crippen LogP contribution in [0.4, 0.5) is 0 Å². The molecule has 3 nitrogen and oxygen atoms in total. The van der Waals surface area contributed by atoms with Crippen molar-refractivity contribution >= 4 is 5.91 Å². The van der Waals surface area contributed by atoms with Gasteiger partial charge in [-0.3, -0.25) is 4.79 Å². The molecular formula is C14H19NO2. The molecule has 0 bridgehead atoms. The topological polar surface area (TPSA) is 29.5 Å². The van der Waals surface area contributed by atoms with Crippen LogP contribution in [0.1, 0.15) is 24.8 Å². The summed E-state index contributed by atoms with van der Waals surface area (Å²) in [6.45, 7) is 0. The number of nitrogens with zero attached hydrogens (tertiary/aromatic N) is 1. The molecule has 0 spiro atoms. The van der Waals surface area contributed by atoms with Crippen LogP contribution in [0.15, 0.2) is 24.3 Å². The second kappa shape index (κ2) is 4.40. The molecule has 2 rings (SSSR count). The van der Waals surface area contributed by atoms with Gasteiger partial charge in [0.25, 0.3) is 0 Å². The molecule has 1 aliphatic carbocycles. The van der Waals surface area contributed by atoms with Crippen molar-refractivity contribution in [3.8, 4) is 5.75 Å². The van der Waals surface area contributed by atoms with E-state index in [9.17, 15) is 4.79 Å². The summed E-state index contributed by atoms with van der Waals surface area (Å²) in [5.74, 6) is 1.05. The highest BCUT2D eigenvalue weighted by Gasteiger charge is 2.46. The first-order valence-corrected chi connectivity index (χ1v) is 5.96. The zero-order valence-corrected chi connectivity index (χ0v) is 10.7. The van der Waals surface area contributed by atoms with Crippen LogP contribution in [0.25, 0.3) is 0 Å². The number of benzene rings is 1. The number of ether oxygens (including phenoxy) is 1. The smallest absolute Gasteiger partial charge is 0.232 e. The van der Waals surface area contributed by atoms with Crippen LogP contribution in [-0.4, -0.2) is 32.0 Å². The van der Waals surface area contributed by atoms with E-state index in [2.05, 4.69) is 0 Å². The maximum absolute atomic E-state index is 12.3. The minimum atomic E-state index is -0.282. The van der Waals surface area contributed by atoms with Crippen molar-refractivity contribution in [3.05, 3.63) is 29.8 Å². The molecule has 17 heavy (non-hydrogen) atoms. The van der Waals surface area contributed by atoms with Gasteiger partial charge in [0.2, 0.25) is 5.91 Å². The van der Waals surface area contributed by atoms with Crippen molar-refractivity contribution < 1.29 is 9.53 Å². The van der Waals surface area contributed by atoms with Gasteiger partial charge in [0.05, 0.1) is 12.5 Å². The SMILES string of the molecule is COc1ccc(C2(C(=O)N(C)C)CCC2)cc1. The van der Waals surface area contributed by atoms with Crippen LogP contribution >= 0.6 is 0 Å². The lowest BCUT2D eigenvalue weighted by Crippen LogP contribution is -2.48. The lowest BCUT2D eigenvalue weighted by Gasteiger charge is -2.42. The highest BCUT2D eigenvalue weighted by Crippen LogP contribution is 2.45. The lowest BCUT2D eigenvalue weighted by atomic mass is 9.63. The number of methoxy groups -OCH3 is 1. The lowest BCUT2D eigenvalue weighted by molar-refractivity contribution is -0.138. The van der Waals surface area contributed by atoms with Crippen molar-refractivity contribution in [3.63, 3.8) is 0 Å². The van der Waals surface area contributed by atoms with E-state index in [0.29, 0.717) is 0 Å². The van der Waals surface area contributed by atoms with Crippen molar-refractivity contribution in [2.75, 3.05) is 21.2 Å². The number of rotatable bonds is 3. The molecule has 1 saturated carbocycles. The van der Waals surface area contributed by atoms with E-state index in [1.165, 1.54) is 0 Å². The largest absolute Gasteiger partial charge is 0.497 e. The Morgan fingerprint density at radius 3 is 2.18 bits per heavy atom. The van der Waals surface area contributed by atoms with E-state index < -0.39 is 0 Å². The van der Waals surface area contributed by atoms with E-state index in [1.54, 1.807) is 12.0 Å². The molecule has 1 aliphatic rings. The normalized spacial score (nSPS) is 17.1. The molecule has 1 amide bonds. The first-order chi connectivity index (χ1) is 8.10. The zero-order chi connectivity index (χ0) is 12.5. The van der Waals surface area contributed by atoms with Gasteiger partial charge in [0.15, 0.2) is 0 Å². The summed E-state index contributed by atoms with van der Waals surface area (Å²) >= 11 is 0. The highest BCUT2D eigenvalue weighted by atomic mass is 16.5. The van der Waals surface area contributed by atoms with Gasteiger partial charge in [-0.2, -0.15) is 0 Å². The molecule has 1 aromatic carbocycles. The highest BCUT2D eigenvalue weighted by molar-refractivity contribution is 5.89. The first kappa shape index (κ1) is 12.0. The van der Waals surface area contributed by atoms with Gasteiger partial charge >= 0.3 is 0 Å². The molecular weight excluding hydrogens is 214 g/mol. The summed E-state index contributed by atoms with van der Waals surface area (Å²) in [4.78, 5) is 14.0. The molecule has 1 fully saturated rings. The third kappa shape index (κ3) is 1.90. The molecule has 0 aliphatic heterocycles. The average Bonchev–Trinajstić information content (AvgIpc) is 2.28. The third-order valence-corrected chi connectivity index (χ3v) is 3.67. The predicted molar refractivity (Wildman–Crippen MR) is 67.2 cm³/mol. The Labute approximate surface area is 102 Å². The zero-order valence-electron chi connectivity index (χ0n) is 10.7. The summed E-state index contributed by atoms with van der Waals surface area (Å²) in [5, 5.41) is 0. The minimum absolute atomic E-state index is 0.217. The van der Waals surface area contributed by atoms with E-state index in [0.717, 1.165) is 30.6 Å². The minimum Gasteiger partial charge on any atom is -0.497 e. The Morgan fingerprint density at radius 1 is 1.24 bits per heavy atom. The maximum atomic E-state index is 12.3. The molecule has 1 aromatic rings. The standard InChI is InChI=1S/C14H19NO2/c1-15(2)13(16)14(9-4-10-14)11-5-7-12(17-3)8-6-11/h5-8H,4,9-10H2,1-3H3. The monoisotopic (exact) mass is 233 g/mol.